The van der Waals surface area contributed by atoms with Crippen LogP contribution in [-0.2, 0) is 9.53 Å². The van der Waals surface area contributed by atoms with Gasteiger partial charge in [0.05, 0.1) is 11.2 Å². The summed E-state index contributed by atoms with van der Waals surface area (Å²) in [5.41, 5.74) is -0.145. The van der Waals surface area contributed by atoms with Crippen molar-refractivity contribution in [2.24, 2.45) is 23.7 Å². The maximum Gasteiger partial charge on any atom is 0.345 e. The van der Waals surface area contributed by atoms with Gasteiger partial charge in [-0.25, -0.2) is 4.98 Å². The highest BCUT2D eigenvalue weighted by Gasteiger charge is 2.57. The van der Waals surface area contributed by atoms with Crippen molar-refractivity contribution < 1.29 is 28.2 Å². The van der Waals surface area contributed by atoms with Crippen LogP contribution < -0.4 is 10.2 Å². The zero-order valence-electron chi connectivity index (χ0n) is 22.3. The summed E-state index contributed by atoms with van der Waals surface area (Å²) in [5, 5.41) is 13.8. The topological polar surface area (TPSA) is 91.8 Å². The fourth-order valence-corrected chi connectivity index (χ4v) is 9.79. The second-order valence-electron chi connectivity index (χ2n) is 12.6. The van der Waals surface area contributed by atoms with Crippen LogP contribution in [0.25, 0.3) is 0 Å². The van der Waals surface area contributed by atoms with Gasteiger partial charge >= 0.3 is 12.6 Å². The zero-order chi connectivity index (χ0) is 27.1. The van der Waals surface area contributed by atoms with Gasteiger partial charge in [-0.05, 0) is 93.6 Å². The van der Waals surface area contributed by atoms with E-state index in [1.165, 1.54) is 12.8 Å². The van der Waals surface area contributed by atoms with Crippen LogP contribution in [0.5, 0.6) is 0 Å². The normalized spacial score (nSPS) is 34.1. The molecule has 0 spiro atoms. The number of nitrogens with zero attached hydrogens (tertiary/aromatic N) is 2. The Kier molecular flexibility index (Phi) is 7.79. The van der Waals surface area contributed by atoms with Gasteiger partial charge in [-0.3, -0.25) is 9.59 Å². The average molecular weight is 564 g/mol. The molecular formula is C29H39F2N3O4S. The van der Waals surface area contributed by atoms with Crippen molar-refractivity contribution in [3.8, 4) is 0 Å². The monoisotopic (exact) mass is 563 g/mol. The molecule has 2 N–H and O–H groups in total. The third kappa shape index (κ3) is 5.92. The predicted molar refractivity (Wildman–Crippen MR) is 144 cm³/mol. The molecule has 0 aromatic carbocycles. The number of rotatable bonds is 9. The van der Waals surface area contributed by atoms with Crippen molar-refractivity contribution in [2.45, 2.75) is 106 Å². The number of hydrogen-bond acceptors (Lipinski definition) is 6. The van der Waals surface area contributed by atoms with Crippen LogP contribution in [0.2, 0.25) is 0 Å². The smallest absolute Gasteiger partial charge is 0.345 e. The van der Waals surface area contributed by atoms with E-state index in [2.05, 4.69) is 10.2 Å². The molecule has 5 saturated carbocycles. The molecule has 1 amide bonds. The number of alkyl halides is 2. The van der Waals surface area contributed by atoms with Gasteiger partial charge in [0, 0.05) is 30.8 Å². The minimum absolute atomic E-state index is 0.0219. The van der Waals surface area contributed by atoms with E-state index in [4.69, 9.17) is 9.72 Å². The van der Waals surface area contributed by atoms with Gasteiger partial charge in [0.25, 0.3) is 5.91 Å². The zero-order valence-corrected chi connectivity index (χ0v) is 23.1. The summed E-state index contributed by atoms with van der Waals surface area (Å²) in [6.07, 6.45) is 10.4. The van der Waals surface area contributed by atoms with E-state index < -0.39 is 18.2 Å². The van der Waals surface area contributed by atoms with Gasteiger partial charge in [-0.1, -0.05) is 12.8 Å². The lowest BCUT2D eigenvalue weighted by atomic mass is 9.52. The van der Waals surface area contributed by atoms with Gasteiger partial charge in [-0.15, -0.1) is 11.8 Å². The van der Waals surface area contributed by atoms with E-state index in [1.54, 1.807) is 11.8 Å². The fraction of sp³-hybridized carbons (Fsp3) is 0.759. The summed E-state index contributed by atoms with van der Waals surface area (Å²) in [7, 11) is 0. The number of carboxylic acid groups (broad SMARTS) is 1. The molecule has 0 radical (unpaired) electrons. The number of piperidine rings is 1. The van der Waals surface area contributed by atoms with Gasteiger partial charge in [0.1, 0.15) is 10.8 Å². The number of nitrogens with one attached hydrogen (secondary N) is 1. The molecule has 1 aromatic rings. The molecule has 10 heteroatoms. The van der Waals surface area contributed by atoms with E-state index in [9.17, 15) is 23.5 Å². The van der Waals surface area contributed by atoms with E-state index in [0.717, 1.165) is 55.9 Å². The van der Waals surface area contributed by atoms with Gasteiger partial charge in [0.15, 0.2) is 0 Å². The summed E-state index contributed by atoms with van der Waals surface area (Å²) >= 11 is 1.70. The molecule has 6 fully saturated rings. The number of thioether (sulfide) groups is 1. The molecule has 2 unspecified atom stereocenters. The van der Waals surface area contributed by atoms with Crippen molar-refractivity contribution in [3.05, 3.63) is 17.7 Å². The number of pyridine rings is 1. The van der Waals surface area contributed by atoms with Crippen molar-refractivity contribution in [3.63, 3.8) is 0 Å². The summed E-state index contributed by atoms with van der Waals surface area (Å²) in [6.45, 7) is -1.27. The van der Waals surface area contributed by atoms with E-state index >= 15 is 0 Å². The van der Waals surface area contributed by atoms with Gasteiger partial charge < -0.3 is 20.1 Å². The molecule has 3 atom stereocenters. The summed E-state index contributed by atoms with van der Waals surface area (Å²) < 4.78 is 31.6. The Labute approximate surface area is 232 Å². The Morgan fingerprint density at radius 3 is 2.56 bits per heavy atom. The van der Waals surface area contributed by atoms with Crippen molar-refractivity contribution in [1.29, 1.82) is 0 Å². The van der Waals surface area contributed by atoms with Crippen molar-refractivity contribution >= 4 is 29.5 Å². The Morgan fingerprint density at radius 2 is 1.87 bits per heavy atom. The number of carboxylic acids is 1. The van der Waals surface area contributed by atoms with Crippen LogP contribution in [0.15, 0.2) is 17.2 Å². The lowest BCUT2D eigenvalue weighted by molar-refractivity contribution is -0.260. The lowest BCUT2D eigenvalue weighted by Gasteiger charge is -2.59. The summed E-state index contributed by atoms with van der Waals surface area (Å²) in [4.78, 5) is 32.2. The second-order valence-corrected chi connectivity index (χ2v) is 13.9. The highest BCUT2D eigenvalue weighted by atomic mass is 32.2. The molecule has 6 aliphatic rings. The second kappa shape index (κ2) is 11.1. The number of hydrogen-bond donors (Lipinski definition) is 2. The van der Waals surface area contributed by atoms with Crippen LogP contribution in [0, 0.1) is 23.7 Å². The first-order chi connectivity index (χ1) is 18.8. The first-order valence-corrected chi connectivity index (χ1v) is 15.6. The molecule has 5 aliphatic carbocycles. The molecule has 2 heterocycles. The molecule has 7 rings (SSSR count). The molecule has 39 heavy (non-hydrogen) atoms. The number of anilines is 1. The largest absolute Gasteiger partial charge is 0.481 e. The Bertz CT molecular complexity index is 1060. The van der Waals surface area contributed by atoms with E-state index in [-0.39, 0.29) is 36.1 Å². The first kappa shape index (κ1) is 27.2. The average Bonchev–Trinajstić information content (AvgIpc) is 3.38. The highest BCUT2D eigenvalue weighted by molar-refractivity contribution is 7.99. The first-order valence-electron chi connectivity index (χ1n) is 14.7. The number of aliphatic carboxylic acids is 1. The molecule has 7 nitrogen and oxygen atoms in total. The molecular weight excluding hydrogens is 524 g/mol. The predicted octanol–water partition coefficient (Wildman–Crippen LogP) is 5.72. The fourth-order valence-electron chi connectivity index (χ4n) is 8.47. The SMILES string of the molecule is O=C(O)C[C@@H]1CCCN(c2ccc(C(=O)N[C@H]3C4CC5CC3C[C@](OC(F)F)(C5)C4)c(SC3CCCC3)n2)C1. The third-order valence-corrected chi connectivity index (χ3v) is 11.2. The van der Waals surface area contributed by atoms with Crippen LogP contribution >= 0.6 is 11.8 Å². The van der Waals surface area contributed by atoms with E-state index in [0.29, 0.717) is 42.5 Å². The van der Waals surface area contributed by atoms with Gasteiger partial charge in [-0.2, -0.15) is 8.78 Å². The van der Waals surface area contributed by atoms with Crippen molar-refractivity contribution in [1.82, 2.24) is 10.3 Å². The summed E-state index contributed by atoms with van der Waals surface area (Å²) in [5.74, 6) is 0.740. The lowest BCUT2D eigenvalue weighted by Crippen LogP contribution is -2.62. The number of carbonyl (C=O) groups excluding carboxylic acids is 1. The summed E-state index contributed by atoms with van der Waals surface area (Å²) in [6, 6.07) is 3.76. The Hall–Kier alpha value is -1.94. The maximum absolute atomic E-state index is 13.8. The highest BCUT2D eigenvalue weighted by Crippen LogP contribution is 2.57. The van der Waals surface area contributed by atoms with Crippen LogP contribution in [-0.4, -0.2) is 58.6 Å². The minimum atomic E-state index is -2.76. The number of aromatic nitrogens is 1. The third-order valence-electron chi connectivity index (χ3n) is 9.83. The molecule has 214 valence electrons. The standard InChI is InChI=1S/C29H39F2N3O4S/c30-28(31)38-29-13-18-10-19(14-29)25(20(11-18)15-29)33-26(37)22-7-8-23(32-27(22)39-21-5-1-2-6-21)34-9-3-4-17(16-34)12-24(35)36/h7-8,17-21,25,28H,1-6,9-16H2,(H,33,37)(H,35,36)/t17-,18?,19?,20?,25-,29-/m0/s1. The molecule has 1 saturated heterocycles. The molecule has 1 aromatic heterocycles. The quantitative estimate of drug-likeness (QED) is 0.397. The molecule has 4 bridgehead atoms. The Balaban J connectivity index is 1.20. The number of amides is 1. The minimum Gasteiger partial charge on any atom is -0.481 e. The van der Waals surface area contributed by atoms with Crippen LogP contribution in [0.1, 0.15) is 87.4 Å². The number of halogens is 2. The van der Waals surface area contributed by atoms with Crippen molar-refractivity contribution in [2.75, 3.05) is 18.0 Å². The van der Waals surface area contributed by atoms with Crippen LogP contribution in [0.4, 0.5) is 14.6 Å². The van der Waals surface area contributed by atoms with Crippen LogP contribution in [0.3, 0.4) is 0 Å². The molecule has 1 aliphatic heterocycles. The Morgan fingerprint density at radius 1 is 1.13 bits per heavy atom. The van der Waals surface area contributed by atoms with Gasteiger partial charge in [0.2, 0.25) is 0 Å². The van der Waals surface area contributed by atoms with E-state index in [1.807, 2.05) is 12.1 Å². The number of carbonyl (C=O) groups is 2. The maximum atomic E-state index is 13.8. The number of ether oxygens (including phenoxy) is 1.